The quantitative estimate of drug-likeness (QED) is 0.793. The van der Waals surface area contributed by atoms with E-state index in [0.717, 1.165) is 18.4 Å². The maximum atomic E-state index is 6.12. The zero-order valence-corrected chi connectivity index (χ0v) is 11.2. The highest BCUT2D eigenvalue weighted by atomic mass is 16.5. The van der Waals surface area contributed by atoms with Crippen molar-refractivity contribution in [3.8, 4) is 0 Å². The van der Waals surface area contributed by atoms with Gasteiger partial charge in [-0.3, -0.25) is 0 Å². The van der Waals surface area contributed by atoms with E-state index in [1.165, 1.54) is 57.9 Å². The van der Waals surface area contributed by atoms with Crippen LogP contribution in [0.15, 0.2) is 0 Å². The Balaban J connectivity index is 1.70. The van der Waals surface area contributed by atoms with E-state index in [1.807, 2.05) is 0 Å². The lowest BCUT2D eigenvalue weighted by Crippen LogP contribution is -2.42. The smallest absolute Gasteiger partial charge is 0.0672 e. The van der Waals surface area contributed by atoms with Crippen LogP contribution in [0.25, 0.3) is 0 Å². The average molecular weight is 237 g/mol. The topological polar surface area (TPSA) is 21.3 Å². The second-order valence-electron chi connectivity index (χ2n) is 6.63. The third-order valence-corrected chi connectivity index (χ3v) is 5.25. The molecule has 0 aromatic rings. The van der Waals surface area contributed by atoms with Crippen molar-refractivity contribution in [3.63, 3.8) is 0 Å². The van der Waals surface area contributed by atoms with Gasteiger partial charge in [0.05, 0.1) is 6.10 Å². The molecule has 2 heteroatoms. The Labute approximate surface area is 105 Å². The normalized spacial score (nSPS) is 39.0. The first-order valence-corrected chi connectivity index (χ1v) is 7.60. The summed E-state index contributed by atoms with van der Waals surface area (Å²) in [5, 5.41) is 3.46. The molecule has 3 rings (SSSR count). The van der Waals surface area contributed by atoms with Crippen LogP contribution in [-0.2, 0) is 4.74 Å². The molecule has 2 aliphatic carbocycles. The average Bonchev–Trinajstić information content (AvgIpc) is 2.88. The van der Waals surface area contributed by atoms with Crippen molar-refractivity contribution in [2.24, 2.45) is 17.3 Å². The van der Waals surface area contributed by atoms with Crippen LogP contribution in [0.2, 0.25) is 0 Å². The summed E-state index contributed by atoms with van der Waals surface area (Å²) < 4.78 is 6.12. The largest absolute Gasteiger partial charge is 0.377 e. The zero-order valence-electron chi connectivity index (χ0n) is 11.2. The van der Waals surface area contributed by atoms with Crippen molar-refractivity contribution >= 4 is 0 Å². The second-order valence-corrected chi connectivity index (χ2v) is 6.63. The number of ether oxygens (including phenoxy) is 1. The van der Waals surface area contributed by atoms with Gasteiger partial charge < -0.3 is 10.1 Å². The highest BCUT2D eigenvalue weighted by Gasteiger charge is 2.51. The molecule has 0 spiro atoms. The molecule has 1 saturated heterocycles. The molecule has 3 aliphatic rings. The van der Waals surface area contributed by atoms with Gasteiger partial charge >= 0.3 is 0 Å². The van der Waals surface area contributed by atoms with E-state index in [-0.39, 0.29) is 0 Å². The van der Waals surface area contributed by atoms with E-state index in [4.69, 9.17) is 4.74 Å². The predicted molar refractivity (Wildman–Crippen MR) is 70.0 cm³/mol. The maximum absolute atomic E-state index is 6.12. The van der Waals surface area contributed by atoms with E-state index in [9.17, 15) is 0 Å². The van der Waals surface area contributed by atoms with Gasteiger partial charge in [-0.1, -0.05) is 25.7 Å². The maximum Gasteiger partial charge on any atom is 0.0672 e. The second kappa shape index (κ2) is 4.89. The van der Waals surface area contributed by atoms with E-state index >= 15 is 0 Å². The highest BCUT2D eigenvalue weighted by molar-refractivity contribution is 5.01. The van der Waals surface area contributed by atoms with Crippen molar-refractivity contribution in [1.29, 1.82) is 0 Å². The third kappa shape index (κ3) is 2.39. The summed E-state index contributed by atoms with van der Waals surface area (Å²) >= 11 is 0. The number of hydrogen-bond donors (Lipinski definition) is 1. The number of rotatable bonds is 5. The Morgan fingerprint density at radius 3 is 2.59 bits per heavy atom. The third-order valence-electron chi connectivity index (χ3n) is 5.25. The first kappa shape index (κ1) is 12.0. The molecule has 1 aliphatic heterocycles. The summed E-state index contributed by atoms with van der Waals surface area (Å²) in [6.45, 7) is 2.18. The Bertz CT molecular complexity index is 258. The lowest BCUT2D eigenvalue weighted by Gasteiger charge is -2.36. The molecule has 2 saturated carbocycles. The van der Waals surface area contributed by atoms with Gasteiger partial charge in [-0.2, -0.15) is 0 Å². The molecule has 3 fully saturated rings. The first-order chi connectivity index (χ1) is 8.34. The number of nitrogens with one attached hydrogen (secondary N) is 1. The molecule has 0 amide bonds. The van der Waals surface area contributed by atoms with Crippen LogP contribution in [0, 0.1) is 17.3 Å². The minimum absolute atomic E-state index is 0.477. The van der Waals surface area contributed by atoms with Crippen LogP contribution < -0.4 is 5.32 Å². The van der Waals surface area contributed by atoms with Crippen molar-refractivity contribution in [2.45, 2.75) is 57.5 Å². The Hall–Kier alpha value is -0.0800. The molecule has 98 valence electrons. The lowest BCUT2D eigenvalue weighted by molar-refractivity contribution is 0.0197. The first-order valence-electron chi connectivity index (χ1n) is 7.60. The van der Waals surface area contributed by atoms with Gasteiger partial charge in [-0.05, 0) is 44.6 Å². The van der Waals surface area contributed by atoms with Crippen LogP contribution in [0.5, 0.6) is 0 Å². The van der Waals surface area contributed by atoms with Gasteiger partial charge in [-0.25, -0.2) is 0 Å². The molecule has 2 atom stereocenters. The molecular weight excluding hydrogens is 210 g/mol. The summed E-state index contributed by atoms with van der Waals surface area (Å²) in [5.74, 6) is 1.89. The van der Waals surface area contributed by atoms with Gasteiger partial charge in [0.15, 0.2) is 0 Å². The fourth-order valence-electron chi connectivity index (χ4n) is 4.36. The van der Waals surface area contributed by atoms with Crippen molar-refractivity contribution < 1.29 is 4.74 Å². The summed E-state index contributed by atoms with van der Waals surface area (Å²) in [4.78, 5) is 0. The van der Waals surface area contributed by atoms with E-state index < -0.39 is 0 Å². The molecule has 2 nitrogen and oxygen atoms in total. The minimum Gasteiger partial charge on any atom is -0.377 e. The van der Waals surface area contributed by atoms with Crippen molar-refractivity contribution in [3.05, 3.63) is 0 Å². The fraction of sp³-hybridized carbons (Fsp3) is 1.00. The van der Waals surface area contributed by atoms with E-state index in [0.29, 0.717) is 11.5 Å². The Kier molecular flexibility index (Phi) is 3.45. The highest BCUT2D eigenvalue weighted by Crippen LogP contribution is 2.51. The van der Waals surface area contributed by atoms with Gasteiger partial charge in [0.2, 0.25) is 0 Å². The van der Waals surface area contributed by atoms with Crippen molar-refractivity contribution in [1.82, 2.24) is 5.32 Å². The fourth-order valence-corrected chi connectivity index (χ4v) is 4.36. The Morgan fingerprint density at radius 1 is 1.18 bits per heavy atom. The Morgan fingerprint density at radius 2 is 1.94 bits per heavy atom. The molecule has 0 radical (unpaired) electrons. The van der Waals surface area contributed by atoms with Crippen LogP contribution in [0.3, 0.4) is 0 Å². The molecule has 1 heterocycles. The van der Waals surface area contributed by atoms with Crippen LogP contribution in [0.4, 0.5) is 0 Å². The standard InChI is InChI=1S/C15H27NO/c1-16-11-15(10-12-4-2-3-5-12)8-9-17-14(15)13-6-7-13/h12-14,16H,2-11H2,1H3. The number of hydrogen-bond acceptors (Lipinski definition) is 2. The molecule has 17 heavy (non-hydrogen) atoms. The monoisotopic (exact) mass is 237 g/mol. The summed E-state index contributed by atoms with van der Waals surface area (Å²) in [7, 11) is 2.11. The molecule has 1 N–H and O–H groups in total. The van der Waals surface area contributed by atoms with Crippen LogP contribution in [-0.4, -0.2) is 26.3 Å². The summed E-state index contributed by atoms with van der Waals surface area (Å²) in [6, 6.07) is 0. The zero-order chi connectivity index (χ0) is 11.7. The summed E-state index contributed by atoms with van der Waals surface area (Å²) in [6.07, 6.45) is 12.0. The molecular formula is C15H27NO. The molecule has 0 aromatic carbocycles. The van der Waals surface area contributed by atoms with Crippen LogP contribution in [0.1, 0.15) is 51.4 Å². The molecule has 0 bridgehead atoms. The van der Waals surface area contributed by atoms with Gasteiger partial charge in [0.1, 0.15) is 0 Å². The lowest BCUT2D eigenvalue weighted by atomic mass is 9.72. The molecule has 0 aromatic heterocycles. The van der Waals surface area contributed by atoms with Gasteiger partial charge in [0, 0.05) is 18.6 Å². The van der Waals surface area contributed by atoms with Gasteiger partial charge in [0.25, 0.3) is 0 Å². The van der Waals surface area contributed by atoms with E-state index in [1.54, 1.807) is 0 Å². The van der Waals surface area contributed by atoms with Gasteiger partial charge in [-0.15, -0.1) is 0 Å². The minimum atomic E-state index is 0.477. The van der Waals surface area contributed by atoms with Crippen molar-refractivity contribution in [2.75, 3.05) is 20.2 Å². The predicted octanol–water partition coefficient (Wildman–Crippen LogP) is 2.97. The summed E-state index contributed by atoms with van der Waals surface area (Å²) in [5.41, 5.74) is 0.477. The van der Waals surface area contributed by atoms with E-state index in [2.05, 4.69) is 12.4 Å². The van der Waals surface area contributed by atoms with Crippen LogP contribution >= 0.6 is 0 Å². The SMILES string of the molecule is CNCC1(CC2CCCC2)CCOC1C1CC1. The molecule has 2 unspecified atom stereocenters.